The number of ether oxygens (including phenoxy) is 1. The number of halogens is 2. The molecule has 0 unspecified atom stereocenters. The minimum atomic E-state index is 0.205. The van der Waals surface area contributed by atoms with E-state index in [1.165, 1.54) is 38.5 Å². The van der Waals surface area contributed by atoms with Crippen LogP contribution >= 0.6 is 23.2 Å². The van der Waals surface area contributed by atoms with Crippen molar-refractivity contribution in [2.75, 3.05) is 18.4 Å². The minimum absolute atomic E-state index is 0.205. The molecule has 0 aliphatic carbocycles. The topological polar surface area (TPSA) is 9.23 Å². The molecule has 15 heavy (non-hydrogen) atoms. The lowest BCUT2D eigenvalue weighted by molar-refractivity contribution is 0.0721. The molecule has 3 heteroatoms. The fourth-order valence-corrected chi connectivity index (χ4v) is 1.90. The molecule has 1 atom stereocenters. The van der Waals surface area contributed by atoms with Crippen LogP contribution in [0.1, 0.15) is 51.9 Å². The van der Waals surface area contributed by atoms with E-state index in [4.69, 9.17) is 27.9 Å². The van der Waals surface area contributed by atoms with Gasteiger partial charge in [-0.3, -0.25) is 0 Å². The molecule has 0 aliphatic rings. The van der Waals surface area contributed by atoms with Crippen LogP contribution in [0, 0.1) is 0 Å². The minimum Gasteiger partial charge on any atom is -0.376 e. The van der Waals surface area contributed by atoms with Crippen LogP contribution in [-0.4, -0.2) is 24.5 Å². The Morgan fingerprint density at radius 2 is 1.67 bits per heavy atom. The zero-order valence-corrected chi connectivity index (χ0v) is 11.3. The van der Waals surface area contributed by atoms with Crippen molar-refractivity contribution in [3.8, 4) is 0 Å². The molecule has 0 aromatic rings. The highest BCUT2D eigenvalue weighted by molar-refractivity contribution is 6.18. The second-order valence-electron chi connectivity index (χ2n) is 3.89. The molecular weight excluding hydrogens is 231 g/mol. The van der Waals surface area contributed by atoms with E-state index in [2.05, 4.69) is 6.92 Å². The second kappa shape index (κ2) is 12.6. The van der Waals surface area contributed by atoms with Gasteiger partial charge in [0.15, 0.2) is 0 Å². The molecule has 0 fully saturated rings. The van der Waals surface area contributed by atoms with E-state index < -0.39 is 0 Å². The first-order valence-corrected chi connectivity index (χ1v) is 7.15. The summed E-state index contributed by atoms with van der Waals surface area (Å²) < 4.78 is 5.50. The Morgan fingerprint density at radius 3 is 2.27 bits per heavy atom. The van der Waals surface area contributed by atoms with Crippen molar-refractivity contribution in [1.82, 2.24) is 0 Å². The lowest BCUT2D eigenvalue weighted by Crippen LogP contribution is -2.16. The molecule has 0 radical (unpaired) electrons. The molecule has 0 aromatic carbocycles. The van der Waals surface area contributed by atoms with E-state index in [-0.39, 0.29) is 6.10 Å². The first-order valence-electron chi connectivity index (χ1n) is 6.08. The molecule has 0 amide bonds. The van der Waals surface area contributed by atoms with Gasteiger partial charge in [-0.1, -0.05) is 45.4 Å². The molecule has 0 N–H and O–H groups in total. The molecule has 0 heterocycles. The van der Waals surface area contributed by atoms with Crippen molar-refractivity contribution in [2.24, 2.45) is 0 Å². The normalized spacial score (nSPS) is 13.0. The maximum Gasteiger partial charge on any atom is 0.0710 e. The number of hydrogen-bond acceptors (Lipinski definition) is 1. The van der Waals surface area contributed by atoms with Crippen molar-refractivity contribution >= 4 is 23.2 Å². The average molecular weight is 255 g/mol. The van der Waals surface area contributed by atoms with Crippen molar-refractivity contribution < 1.29 is 4.74 Å². The van der Waals surface area contributed by atoms with Crippen LogP contribution in [0.3, 0.4) is 0 Å². The van der Waals surface area contributed by atoms with Crippen LogP contribution < -0.4 is 0 Å². The second-order valence-corrected chi connectivity index (χ2v) is 4.58. The molecule has 0 spiro atoms. The van der Waals surface area contributed by atoms with Crippen molar-refractivity contribution in [3.05, 3.63) is 0 Å². The third kappa shape index (κ3) is 10.8. The Balaban J connectivity index is 3.22. The summed E-state index contributed by atoms with van der Waals surface area (Å²) in [6.07, 6.45) is 9.19. The standard InChI is InChI=1S/C12H24Cl2O/c1-2-3-4-5-6-7-8-12(11-14)15-10-9-13/h12H,2-11H2,1H3/t12-/m0/s1. The van der Waals surface area contributed by atoms with Crippen LogP contribution in [0.4, 0.5) is 0 Å². The summed E-state index contributed by atoms with van der Waals surface area (Å²) in [5, 5.41) is 0. The highest BCUT2D eigenvalue weighted by Crippen LogP contribution is 2.11. The smallest absolute Gasteiger partial charge is 0.0710 e. The van der Waals surface area contributed by atoms with Gasteiger partial charge in [0.25, 0.3) is 0 Å². The molecular formula is C12H24Cl2O. The molecule has 0 rings (SSSR count). The summed E-state index contributed by atoms with van der Waals surface area (Å²) in [6.45, 7) is 2.86. The SMILES string of the molecule is CCCCCCCC[C@@H](CCl)OCCCl. The van der Waals surface area contributed by atoms with Crippen LogP contribution in [0.15, 0.2) is 0 Å². The van der Waals surface area contributed by atoms with Gasteiger partial charge in [0.2, 0.25) is 0 Å². The Kier molecular flexibility index (Phi) is 13.1. The van der Waals surface area contributed by atoms with Gasteiger partial charge in [0.1, 0.15) is 0 Å². The van der Waals surface area contributed by atoms with Crippen LogP contribution in [0.2, 0.25) is 0 Å². The van der Waals surface area contributed by atoms with E-state index in [9.17, 15) is 0 Å². The van der Waals surface area contributed by atoms with Gasteiger partial charge >= 0.3 is 0 Å². The summed E-state index contributed by atoms with van der Waals surface area (Å²) in [5.41, 5.74) is 0. The van der Waals surface area contributed by atoms with Gasteiger partial charge in [-0.2, -0.15) is 0 Å². The predicted molar refractivity (Wildman–Crippen MR) is 69.2 cm³/mol. The third-order valence-electron chi connectivity index (χ3n) is 2.48. The molecule has 0 saturated heterocycles. The number of rotatable bonds is 11. The maximum absolute atomic E-state index is 5.80. The van der Waals surface area contributed by atoms with Crippen molar-refractivity contribution in [1.29, 1.82) is 0 Å². The lowest BCUT2D eigenvalue weighted by atomic mass is 10.1. The molecule has 0 bridgehead atoms. The summed E-state index contributed by atoms with van der Waals surface area (Å²) in [7, 11) is 0. The predicted octanol–water partition coefficient (Wildman–Crippen LogP) is 4.60. The first kappa shape index (κ1) is 15.5. The average Bonchev–Trinajstić information content (AvgIpc) is 2.27. The van der Waals surface area contributed by atoms with E-state index in [0.29, 0.717) is 18.4 Å². The number of unbranched alkanes of at least 4 members (excludes halogenated alkanes) is 5. The summed E-state index contributed by atoms with van der Waals surface area (Å²) in [5.74, 6) is 1.15. The van der Waals surface area contributed by atoms with Gasteiger partial charge in [-0.25, -0.2) is 0 Å². The van der Waals surface area contributed by atoms with Crippen molar-refractivity contribution in [2.45, 2.75) is 58.0 Å². The zero-order valence-electron chi connectivity index (χ0n) is 9.81. The third-order valence-corrected chi connectivity index (χ3v) is 2.98. The van der Waals surface area contributed by atoms with Crippen LogP contribution in [-0.2, 0) is 4.74 Å². The number of alkyl halides is 2. The summed E-state index contributed by atoms with van der Waals surface area (Å²) in [6, 6.07) is 0. The van der Waals surface area contributed by atoms with E-state index >= 15 is 0 Å². The number of hydrogen-bond donors (Lipinski definition) is 0. The van der Waals surface area contributed by atoms with E-state index in [1.807, 2.05) is 0 Å². The fraction of sp³-hybridized carbons (Fsp3) is 1.00. The monoisotopic (exact) mass is 254 g/mol. The van der Waals surface area contributed by atoms with E-state index in [0.717, 1.165) is 6.42 Å². The Morgan fingerprint density at radius 1 is 1.00 bits per heavy atom. The molecule has 1 nitrogen and oxygen atoms in total. The van der Waals surface area contributed by atoms with Gasteiger partial charge < -0.3 is 4.74 Å². The van der Waals surface area contributed by atoms with Crippen LogP contribution in [0.25, 0.3) is 0 Å². The quantitative estimate of drug-likeness (QED) is 0.387. The van der Waals surface area contributed by atoms with Crippen molar-refractivity contribution in [3.63, 3.8) is 0 Å². The zero-order chi connectivity index (χ0) is 11.4. The molecule has 0 aliphatic heterocycles. The Hall–Kier alpha value is 0.540. The fourth-order valence-electron chi connectivity index (χ4n) is 1.57. The first-order chi connectivity index (χ1) is 7.35. The van der Waals surface area contributed by atoms with Gasteiger partial charge in [-0.15, -0.1) is 23.2 Å². The largest absolute Gasteiger partial charge is 0.376 e. The Bertz CT molecular complexity index is 120. The highest BCUT2D eigenvalue weighted by Gasteiger charge is 2.06. The molecule has 0 aromatic heterocycles. The maximum atomic E-state index is 5.80. The van der Waals surface area contributed by atoms with Gasteiger partial charge in [-0.05, 0) is 6.42 Å². The Labute approximate surface area is 104 Å². The molecule has 0 saturated carbocycles. The van der Waals surface area contributed by atoms with Crippen LogP contribution in [0.5, 0.6) is 0 Å². The summed E-state index contributed by atoms with van der Waals surface area (Å²) in [4.78, 5) is 0. The highest BCUT2D eigenvalue weighted by atomic mass is 35.5. The molecule has 92 valence electrons. The lowest BCUT2D eigenvalue weighted by Gasteiger charge is -2.13. The summed E-state index contributed by atoms with van der Waals surface area (Å²) >= 11 is 11.4. The van der Waals surface area contributed by atoms with E-state index in [1.54, 1.807) is 0 Å². The van der Waals surface area contributed by atoms with Gasteiger partial charge in [0, 0.05) is 11.8 Å². The van der Waals surface area contributed by atoms with Gasteiger partial charge in [0.05, 0.1) is 12.7 Å².